The maximum Gasteiger partial charge on any atom is 0.191 e. The van der Waals surface area contributed by atoms with E-state index in [9.17, 15) is 0 Å². The second kappa shape index (κ2) is 7.33. The monoisotopic (exact) mass is 390 g/mol. The van der Waals surface area contributed by atoms with Gasteiger partial charge in [0.2, 0.25) is 0 Å². The minimum atomic E-state index is -1.63. The van der Waals surface area contributed by atoms with Gasteiger partial charge in [-0.3, -0.25) is 0 Å². The standard InChI is InChI=1S/C20H27BrOSi/c1-20(2,3)23(4,5)22-15-14-16-6-8-17(9-7-16)18-10-12-19(21)13-11-18/h6-13H,14-15H2,1-5H3. The first kappa shape index (κ1) is 18.4. The van der Waals surface area contributed by atoms with Gasteiger partial charge in [0.25, 0.3) is 0 Å². The highest BCUT2D eigenvalue weighted by Crippen LogP contribution is 2.36. The Morgan fingerprint density at radius 2 is 1.35 bits per heavy atom. The fourth-order valence-electron chi connectivity index (χ4n) is 2.15. The van der Waals surface area contributed by atoms with Crippen LogP contribution in [0.4, 0.5) is 0 Å². The van der Waals surface area contributed by atoms with Crippen molar-refractivity contribution in [2.45, 2.75) is 45.3 Å². The molecule has 2 rings (SSSR count). The first-order chi connectivity index (χ1) is 10.7. The maximum absolute atomic E-state index is 6.26. The molecule has 0 aliphatic carbocycles. The van der Waals surface area contributed by atoms with Gasteiger partial charge in [-0.05, 0) is 53.4 Å². The molecule has 0 spiro atoms. The smallest absolute Gasteiger partial charge is 0.191 e. The molecule has 23 heavy (non-hydrogen) atoms. The van der Waals surface area contributed by atoms with E-state index in [1.807, 2.05) is 0 Å². The van der Waals surface area contributed by atoms with Crippen LogP contribution in [0.5, 0.6) is 0 Å². The van der Waals surface area contributed by atoms with Crippen LogP contribution >= 0.6 is 15.9 Å². The van der Waals surface area contributed by atoms with E-state index >= 15 is 0 Å². The van der Waals surface area contributed by atoms with E-state index in [0.29, 0.717) is 0 Å². The summed E-state index contributed by atoms with van der Waals surface area (Å²) in [6, 6.07) is 17.3. The van der Waals surface area contributed by atoms with Gasteiger partial charge in [0.1, 0.15) is 0 Å². The van der Waals surface area contributed by atoms with Gasteiger partial charge in [0.05, 0.1) is 0 Å². The molecule has 0 saturated carbocycles. The van der Waals surface area contributed by atoms with Crippen LogP contribution in [0.15, 0.2) is 53.0 Å². The predicted octanol–water partition coefficient (Wildman–Crippen LogP) is 6.68. The summed E-state index contributed by atoms with van der Waals surface area (Å²) < 4.78 is 7.37. The molecule has 124 valence electrons. The Bertz CT molecular complexity index is 624. The lowest BCUT2D eigenvalue weighted by atomic mass is 10.0. The minimum Gasteiger partial charge on any atom is -0.416 e. The van der Waals surface area contributed by atoms with Gasteiger partial charge in [-0.15, -0.1) is 0 Å². The lowest BCUT2D eigenvalue weighted by molar-refractivity contribution is 0.292. The van der Waals surface area contributed by atoms with Gasteiger partial charge in [0, 0.05) is 11.1 Å². The van der Waals surface area contributed by atoms with Crippen LogP contribution in [0.1, 0.15) is 26.3 Å². The Morgan fingerprint density at radius 3 is 1.83 bits per heavy atom. The highest BCUT2D eigenvalue weighted by molar-refractivity contribution is 9.10. The second-order valence-corrected chi connectivity index (χ2v) is 13.3. The molecule has 0 saturated heterocycles. The van der Waals surface area contributed by atoms with Crippen molar-refractivity contribution < 1.29 is 4.43 Å². The number of rotatable bonds is 5. The predicted molar refractivity (Wildman–Crippen MR) is 106 cm³/mol. The van der Waals surface area contributed by atoms with Gasteiger partial charge in [-0.25, -0.2) is 0 Å². The zero-order valence-corrected chi connectivity index (χ0v) is 17.4. The van der Waals surface area contributed by atoms with Crippen LogP contribution in [0.25, 0.3) is 11.1 Å². The molecule has 0 aliphatic rings. The summed E-state index contributed by atoms with van der Waals surface area (Å²) in [5.74, 6) is 0. The van der Waals surface area contributed by atoms with Gasteiger partial charge >= 0.3 is 0 Å². The lowest BCUT2D eigenvalue weighted by Crippen LogP contribution is -2.41. The topological polar surface area (TPSA) is 9.23 Å². The van der Waals surface area contributed by atoms with Crippen LogP contribution < -0.4 is 0 Å². The summed E-state index contributed by atoms with van der Waals surface area (Å²) >= 11 is 3.48. The van der Waals surface area contributed by atoms with Crippen molar-refractivity contribution in [3.63, 3.8) is 0 Å². The van der Waals surface area contributed by atoms with Gasteiger partial charge in [-0.2, -0.15) is 0 Å². The number of halogens is 1. The Hall–Kier alpha value is -0.903. The highest BCUT2D eigenvalue weighted by atomic mass is 79.9. The van der Waals surface area contributed by atoms with Gasteiger partial charge < -0.3 is 4.43 Å². The normalized spacial score (nSPS) is 12.4. The fraction of sp³-hybridized carbons (Fsp3) is 0.400. The zero-order chi connectivity index (χ0) is 17.1. The van der Waals surface area contributed by atoms with Crippen molar-refractivity contribution in [1.29, 1.82) is 0 Å². The maximum atomic E-state index is 6.26. The molecular formula is C20H27BrOSi. The summed E-state index contributed by atoms with van der Waals surface area (Å²) in [5.41, 5.74) is 3.84. The first-order valence-corrected chi connectivity index (χ1v) is 11.9. The molecule has 0 aromatic heterocycles. The van der Waals surface area contributed by atoms with Gasteiger partial charge in [0.15, 0.2) is 8.32 Å². The molecular weight excluding hydrogens is 364 g/mol. The zero-order valence-electron chi connectivity index (χ0n) is 14.8. The molecule has 2 aromatic rings. The highest BCUT2D eigenvalue weighted by Gasteiger charge is 2.36. The molecule has 2 aromatic carbocycles. The van der Waals surface area contributed by atoms with Crippen LogP contribution in [-0.2, 0) is 10.8 Å². The average Bonchev–Trinajstić information content (AvgIpc) is 2.47. The number of hydrogen-bond acceptors (Lipinski definition) is 1. The minimum absolute atomic E-state index is 0.276. The second-order valence-electron chi connectivity index (χ2n) is 7.56. The first-order valence-electron chi connectivity index (χ1n) is 8.18. The molecule has 0 N–H and O–H groups in total. The van der Waals surface area contributed by atoms with Crippen LogP contribution in [0.3, 0.4) is 0 Å². The molecule has 0 unspecified atom stereocenters. The largest absolute Gasteiger partial charge is 0.416 e. The van der Waals surface area contributed by atoms with Crippen LogP contribution in [0, 0.1) is 0 Å². The van der Waals surface area contributed by atoms with E-state index in [1.165, 1.54) is 16.7 Å². The Labute approximate surface area is 150 Å². The van der Waals surface area contributed by atoms with Crippen molar-refractivity contribution in [3.05, 3.63) is 58.6 Å². The Kier molecular flexibility index (Phi) is 5.87. The quantitative estimate of drug-likeness (QED) is 0.517. The van der Waals surface area contributed by atoms with Crippen molar-refractivity contribution in [2.24, 2.45) is 0 Å². The van der Waals surface area contributed by atoms with E-state index in [4.69, 9.17) is 4.43 Å². The number of hydrogen-bond donors (Lipinski definition) is 0. The van der Waals surface area contributed by atoms with E-state index in [-0.39, 0.29) is 5.04 Å². The fourth-order valence-corrected chi connectivity index (χ4v) is 3.46. The summed E-state index contributed by atoms with van der Waals surface area (Å²) in [5, 5.41) is 0.276. The molecule has 0 fully saturated rings. The molecule has 0 bridgehead atoms. The Morgan fingerprint density at radius 1 is 0.870 bits per heavy atom. The molecule has 1 nitrogen and oxygen atoms in total. The third-order valence-electron chi connectivity index (χ3n) is 4.79. The van der Waals surface area contributed by atoms with Crippen molar-refractivity contribution >= 4 is 24.2 Å². The third-order valence-corrected chi connectivity index (χ3v) is 9.86. The third kappa shape index (κ3) is 5.03. The van der Waals surface area contributed by atoms with Crippen molar-refractivity contribution in [1.82, 2.24) is 0 Å². The summed E-state index contributed by atoms with van der Waals surface area (Å²) in [4.78, 5) is 0. The molecule has 0 atom stereocenters. The van der Waals surface area contributed by atoms with Crippen LogP contribution in [0.2, 0.25) is 18.1 Å². The molecule has 0 aliphatic heterocycles. The molecule has 0 radical (unpaired) electrons. The van der Waals surface area contributed by atoms with Crippen molar-refractivity contribution in [2.75, 3.05) is 6.61 Å². The van der Waals surface area contributed by atoms with Crippen molar-refractivity contribution in [3.8, 4) is 11.1 Å². The summed E-state index contributed by atoms with van der Waals surface area (Å²) in [6.45, 7) is 12.3. The average molecular weight is 391 g/mol. The van der Waals surface area contributed by atoms with E-state index in [1.54, 1.807) is 0 Å². The molecule has 0 heterocycles. The van der Waals surface area contributed by atoms with E-state index < -0.39 is 8.32 Å². The molecule has 0 amide bonds. The lowest BCUT2D eigenvalue weighted by Gasteiger charge is -2.36. The summed E-state index contributed by atoms with van der Waals surface area (Å²) in [6.07, 6.45) is 0.979. The Balaban J connectivity index is 1.94. The van der Waals surface area contributed by atoms with Crippen LogP contribution in [-0.4, -0.2) is 14.9 Å². The SMILES string of the molecule is CC(C)(C)[Si](C)(C)OCCc1ccc(-c2ccc(Br)cc2)cc1. The number of benzene rings is 2. The van der Waals surface area contributed by atoms with Gasteiger partial charge in [-0.1, -0.05) is 73.1 Å². The molecule has 3 heteroatoms. The summed E-state index contributed by atoms with van der Waals surface area (Å²) in [7, 11) is -1.63. The van der Waals surface area contributed by atoms with E-state index in [0.717, 1.165) is 17.5 Å². The van der Waals surface area contributed by atoms with E-state index in [2.05, 4.69) is 98.3 Å².